The molecule has 2 rings (SSSR count). The molecule has 2 heterocycles. The number of anilines is 1. The molecule has 0 spiro atoms. The van der Waals surface area contributed by atoms with Crippen molar-refractivity contribution in [1.29, 1.82) is 5.26 Å². The van der Waals surface area contributed by atoms with Crippen LogP contribution in [0.5, 0.6) is 0 Å². The summed E-state index contributed by atoms with van der Waals surface area (Å²) in [5, 5.41) is 18.3. The van der Waals surface area contributed by atoms with E-state index < -0.39 is 6.09 Å². The summed E-state index contributed by atoms with van der Waals surface area (Å²) in [4.78, 5) is 18.7. The topological polar surface area (TPSA) is 80.5 Å². The van der Waals surface area contributed by atoms with Crippen LogP contribution in [0.4, 0.5) is 10.5 Å². The monoisotopic (exact) mass is 338 g/mol. The minimum atomic E-state index is -0.891. The SMILES string of the molecule is CC[C@@H]1CN(C(=O)O)CCN1c1ccc(Br)nc1C#N. The Kier molecular flexibility index (Phi) is 4.45. The van der Waals surface area contributed by atoms with Crippen LogP contribution in [0.25, 0.3) is 0 Å². The molecule has 1 fully saturated rings. The van der Waals surface area contributed by atoms with Crippen molar-refractivity contribution in [3.05, 3.63) is 22.4 Å². The normalized spacial score (nSPS) is 18.8. The molecule has 0 bridgehead atoms. The van der Waals surface area contributed by atoms with Crippen LogP contribution in [0.1, 0.15) is 19.0 Å². The lowest BCUT2D eigenvalue weighted by Gasteiger charge is -2.41. The van der Waals surface area contributed by atoms with Gasteiger partial charge < -0.3 is 14.9 Å². The number of halogens is 1. The Bertz CT molecular complexity index is 558. The van der Waals surface area contributed by atoms with E-state index >= 15 is 0 Å². The zero-order chi connectivity index (χ0) is 14.7. The minimum Gasteiger partial charge on any atom is -0.465 e. The summed E-state index contributed by atoms with van der Waals surface area (Å²) in [7, 11) is 0. The van der Waals surface area contributed by atoms with Crippen molar-refractivity contribution in [2.24, 2.45) is 0 Å². The van der Waals surface area contributed by atoms with E-state index in [1.165, 1.54) is 4.90 Å². The van der Waals surface area contributed by atoms with Gasteiger partial charge in [-0.3, -0.25) is 0 Å². The molecule has 7 heteroatoms. The summed E-state index contributed by atoms with van der Waals surface area (Å²) >= 11 is 3.26. The highest BCUT2D eigenvalue weighted by Gasteiger charge is 2.29. The lowest BCUT2D eigenvalue weighted by molar-refractivity contribution is 0.134. The average molecular weight is 339 g/mol. The number of nitriles is 1. The average Bonchev–Trinajstić information content (AvgIpc) is 2.46. The van der Waals surface area contributed by atoms with Crippen LogP contribution in [0, 0.1) is 11.3 Å². The van der Waals surface area contributed by atoms with Crippen molar-refractivity contribution in [3.8, 4) is 6.07 Å². The van der Waals surface area contributed by atoms with Gasteiger partial charge in [0.2, 0.25) is 0 Å². The van der Waals surface area contributed by atoms with Crippen molar-refractivity contribution in [2.75, 3.05) is 24.5 Å². The van der Waals surface area contributed by atoms with Crippen LogP contribution in [0.2, 0.25) is 0 Å². The number of amides is 1. The molecule has 1 aromatic rings. The van der Waals surface area contributed by atoms with Crippen LogP contribution >= 0.6 is 15.9 Å². The third-order valence-electron chi connectivity index (χ3n) is 3.48. The first-order valence-electron chi connectivity index (χ1n) is 6.38. The van der Waals surface area contributed by atoms with Gasteiger partial charge in [-0.2, -0.15) is 5.26 Å². The van der Waals surface area contributed by atoms with Gasteiger partial charge in [-0.05, 0) is 34.5 Å². The van der Waals surface area contributed by atoms with E-state index in [4.69, 9.17) is 5.11 Å². The number of carboxylic acid groups (broad SMARTS) is 1. The summed E-state index contributed by atoms with van der Waals surface area (Å²) < 4.78 is 0.620. The summed E-state index contributed by atoms with van der Waals surface area (Å²) in [6, 6.07) is 5.82. The minimum absolute atomic E-state index is 0.0647. The van der Waals surface area contributed by atoms with Gasteiger partial charge in [0.25, 0.3) is 0 Å². The first-order chi connectivity index (χ1) is 9.56. The second-order valence-corrected chi connectivity index (χ2v) is 5.41. The molecule has 0 aromatic carbocycles. The lowest BCUT2D eigenvalue weighted by atomic mass is 10.1. The van der Waals surface area contributed by atoms with Crippen molar-refractivity contribution >= 4 is 27.7 Å². The quantitative estimate of drug-likeness (QED) is 0.836. The van der Waals surface area contributed by atoms with Crippen LogP contribution in [0.15, 0.2) is 16.7 Å². The Morgan fingerprint density at radius 1 is 1.60 bits per heavy atom. The summed E-state index contributed by atoms with van der Waals surface area (Å²) in [6.45, 7) is 3.48. The number of pyridine rings is 1. The van der Waals surface area contributed by atoms with Gasteiger partial charge in [-0.25, -0.2) is 9.78 Å². The highest BCUT2D eigenvalue weighted by molar-refractivity contribution is 9.10. The van der Waals surface area contributed by atoms with E-state index in [-0.39, 0.29) is 6.04 Å². The zero-order valence-electron chi connectivity index (χ0n) is 11.1. The maximum Gasteiger partial charge on any atom is 0.407 e. The Morgan fingerprint density at radius 3 is 2.95 bits per heavy atom. The Balaban J connectivity index is 2.29. The molecule has 1 aliphatic heterocycles. The maximum atomic E-state index is 11.1. The van der Waals surface area contributed by atoms with Crippen molar-refractivity contribution in [2.45, 2.75) is 19.4 Å². The molecule has 1 aromatic heterocycles. The molecule has 1 amide bonds. The largest absolute Gasteiger partial charge is 0.465 e. The third kappa shape index (κ3) is 2.85. The fourth-order valence-corrected chi connectivity index (χ4v) is 2.75. The first kappa shape index (κ1) is 14.6. The van der Waals surface area contributed by atoms with Gasteiger partial charge in [0.15, 0.2) is 5.69 Å². The van der Waals surface area contributed by atoms with Crippen LogP contribution in [-0.2, 0) is 0 Å². The predicted molar refractivity (Wildman–Crippen MR) is 77.7 cm³/mol. The molecule has 0 radical (unpaired) electrons. The van der Waals surface area contributed by atoms with E-state index in [0.717, 1.165) is 12.1 Å². The molecule has 1 atom stereocenters. The number of piperazine rings is 1. The molecule has 1 saturated heterocycles. The number of hydrogen-bond donors (Lipinski definition) is 1. The van der Waals surface area contributed by atoms with Gasteiger partial charge >= 0.3 is 6.09 Å². The second-order valence-electron chi connectivity index (χ2n) is 4.60. The molecule has 0 saturated carbocycles. The highest BCUT2D eigenvalue weighted by atomic mass is 79.9. The molecule has 1 N–H and O–H groups in total. The fraction of sp³-hybridized carbons (Fsp3) is 0.462. The van der Waals surface area contributed by atoms with Gasteiger partial charge in [-0.1, -0.05) is 6.92 Å². The number of carbonyl (C=O) groups is 1. The molecular formula is C13H15BrN4O2. The Morgan fingerprint density at radius 2 is 2.35 bits per heavy atom. The summed E-state index contributed by atoms with van der Waals surface area (Å²) in [5.74, 6) is 0. The number of nitrogens with zero attached hydrogens (tertiary/aromatic N) is 4. The van der Waals surface area contributed by atoms with Gasteiger partial charge in [0, 0.05) is 25.7 Å². The van der Waals surface area contributed by atoms with Crippen LogP contribution in [-0.4, -0.2) is 46.8 Å². The van der Waals surface area contributed by atoms with E-state index in [0.29, 0.717) is 29.9 Å². The molecule has 20 heavy (non-hydrogen) atoms. The Labute approximate surface area is 125 Å². The third-order valence-corrected chi connectivity index (χ3v) is 3.92. The molecular weight excluding hydrogens is 324 g/mol. The van der Waals surface area contributed by atoms with Crippen molar-refractivity contribution in [3.63, 3.8) is 0 Å². The molecule has 0 aliphatic carbocycles. The van der Waals surface area contributed by atoms with E-state index in [1.54, 1.807) is 6.07 Å². The van der Waals surface area contributed by atoms with Crippen LogP contribution < -0.4 is 4.90 Å². The lowest BCUT2D eigenvalue weighted by Crippen LogP contribution is -2.54. The summed E-state index contributed by atoms with van der Waals surface area (Å²) in [6.07, 6.45) is -0.0809. The number of aromatic nitrogens is 1. The van der Waals surface area contributed by atoms with E-state index in [2.05, 4.69) is 31.9 Å². The molecule has 1 aliphatic rings. The smallest absolute Gasteiger partial charge is 0.407 e. The predicted octanol–water partition coefficient (Wildman–Crippen LogP) is 2.29. The first-order valence-corrected chi connectivity index (χ1v) is 7.17. The van der Waals surface area contributed by atoms with Gasteiger partial charge in [-0.15, -0.1) is 0 Å². The fourth-order valence-electron chi connectivity index (χ4n) is 2.44. The zero-order valence-corrected chi connectivity index (χ0v) is 12.7. The van der Waals surface area contributed by atoms with Crippen molar-refractivity contribution in [1.82, 2.24) is 9.88 Å². The second kappa shape index (κ2) is 6.09. The summed E-state index contributed by atoms with van der Waals surface area (Å²) in [5.41, 5.74) is 1.13. The van der Waals surface area contributed by atoms with E-state index in [1.807, 2.05) is 13.0 Å². The highest BCUT2D eigenvalue weighted by Crippen LogP contribution is 2.26. The Hall–Kier alpha value is -1.81. The van der Waals surface area contributed by atoms with Crippen LogP contribution in [0.3, 0.4) is 0 Å². The number of hydrogen-bond acceptors (Lipinski definition) is 4. The number of rotatable bonds is 2. The molecule has 106 valence electrons. The van der Waals surface area contributed by atoms with Gasteiger partial charge in [0.05, 0.1) is 5.69 Å². The molecule has 0 unspecified atom stereocenters. The van der Waals surface area contributed by atoms with E-state index in [9.17, 15) is 10.1 Å². The maximum absolute atomic E-state index is 11.1. The molecule has 6 nitrogen and oxygen atoms in total. The van der Waals surface area contributed by atoms with Gasteiger partial charge in [0.1, 0.15) is 10.7 Å². The van der Waals surface area contributed by atoms with Crippen molar-refractivity contribution < 1.29 is 9.90 Å². The standard InChI is InChI=1S/C13H15BrN4O2/c1-2-9-8-17(13(19)20)5-6-18(9)11-3-4-12(14)16-10(11)7-15/h3-4,9H,2,5-6,8H2,1H3,(H,19,20)/t9-/m1/s1.